The van der Waals surface area contributed by atoms with E-state index < -0.39 is 0 Å². The van der Waals surface area contributed by atoms with Crippen molar-refractivity contribution in [1.82, 2.24) is 4.90 Å². The normalized spacial score (nSPS) is 22.3. The molecule has 4 aliphatic rings. The van der Waals surface area contributed by atoms with Gasteiger partial charge in [-0.1, -0.05) is 12.8 Å². The van der Waals surface area contributed by atoms with Crippen LogP contribution in [0.5, 0.6) is 0 Å². The number of aliphatic imine (C=N–C) groups is 1. The van der Waals surface area contributed by atoms with Gasteiger partial charge < -0.3 is 14.4 Å². The molecule has 3 heterocycles. The van der Waals surface area contributed by atoms with E-state index in [9.17, 15) is 14.4 Å². The van der Waals surface area contributed by atoms with Crippen molar-refractivity contribution in [3.8, 4) is 0 Å². The number of anilines is 1. The number of nitrogens with zero attached hydrogens (tertiary/aromatic N) is 3. The van der Waals surface area contributed by atoms with E-state index in [-0.39, 0.29) is 29.5 Å². The maximum atomic E-state index is 13.5. The minimum absolute atomic E-state index is 0.00441. The highest BCUT2D eigenvalue weighted by Crippen LogP contribution is 2.37. The molecule has 1 aliphatic carbocycles. The summed E-state index contributed by atoms with van der Waals surface area (Å²) >= 11 is 5.68. The van der Waals surface area contributed by atoms with Crippen LogP contribution in [0.1, 0.15) is 93.7 Å². The summed E-state index contributed by atoms with van der Waals surface area (Å²) in [6.45, 7) is 4.68. The van der Waals surface area contributed by atoms with Crippen LogP contribution >= 0.6 is 11.6 Å². The van der Waals surface area contributed by atoms with Gasteiger partial charge in [0.2, 0.25) is 0 Å². The summed E-state index contributed by atoms with van der Waals surface area (Å²) in [5.41, 5.74) is 5.41. The number of carbonyl (C=O) groups is 3. The van der Waals surface area contributed by atoms with E-state index in [2.05, 4.69) is 22.0 Å². The molecule has 44 heavy (non-hydrogen) atoms. The van der Waals surface area contributed by atoms with Gasteiger partial charge in [0, 0.05) is 56.3 Å². The Labute approximate surface area is 267 Å². The second-order valence-corrected chi connectivity index (χ2v) is 13.0. The molecule has 8 nitrogen and oxygen atoms in total. The molecule has 1 saturated carbocycles. The highest BCUT2D eigenvalue weighted by Gasteiger charge is 2.38. The van der Waals surface area contributed by atoms with Crippen molar-refractivity contribution >= 4 is 47.2 Å². The summed E-state index contributed by atoms with van der Waals surface area (Å²) < 4.78 is 11.2. The van der Waals surface area contributed by atoms with Gasteiger partial charge in [0.15, 0.2) is 12.1 Å². The number of Topliss-reactive ketones (excluding diaryl/α,β-unsaturated/α-hetero) is 1. The fourth-order valence-corrected chi connectivity index (χ4v) is 7.43. The minimum atomic E-state index is -0.206. The van der Waals surface area contributed by atoms with E-state index in [0.717, 1.165) is 95.3 Å². The fourth-order valence-electron chi connectivity index (χ4n) is 7.24. The monoisotopic (exact) mass is 625 g/mol. The van der Waals surface area contributed by atoms with Gasteiger partial charge in [-0.3, -0.25) is 19.3 Å². The summed E-state index contributed by atoms with van der Waals surface area (Å²) in [4.78, 5) is 46.9. The van der Waals surface area contributed by atoms with Gasteiger partial charge >= 0.3 is 0 Å². The third-order valence-corrected chi connectivity index (χ3v) is 9.72. The van der Waals surface area contributed by atoms with Crippen LogP contribution in [-0.4, -0.2) is 80.2 Å². The molecule has 0 bridgehead atoms. The number of aldehydes is 1. The van der Waals surface area contributed by atoms with Crippen molar-refractivity contribution in [2.45, 2.75) is 95.9 Å². The van der Waals surface area contributed by atoms with Gasteiger partial charge in [0.1, 0.15) is 11.5 Å². The molecule has 0 radical (unpaired) electrons. The molecule has 0 unspecified atom stereocenters. The molecule has 1 amide bonds. The lowest BCUT2D eigenvalue weighted by molar-refractivity contribution is -0.126. The summed E-state index contributed by atoms with van der Waals surface area (Å²) in [7, 11) is 0. The Morgan fingerprint density at radius 2 is 1.57 bits per heavy atom. The van der Waals surface area contributed by atoms with E-state index in [4.69, 9.17) is 21.1 Å². The molecule has 1 aromatic carbocycles. The standard InChI is InChI=1S/C35H48ClN3O5/c36-15-3-1-2-4-18-43-20-21-44-19-7-10-32(41)27-11-13-30(14-12-27)39-33(25-40)37-31(35(39)42)24-26-22-28-8-5-16-38-17-6-9-29(23-26)34(28)38/h22-25,27,30H,1-21H2/b31-24-. The van der Waals surface area contributed by atoms with Gasteiger partial charge in [-0.05, 0) is 106 Å². The summed E-state index contributed by atoms with van der Waals surface area (Å²) in [5, 5.41) is 0. The molecule has 9 heteroatoms. The lowest BCUT2D eigenvalue weighted by Gasteiger charge is -2.37. The van der Waals surface area contributed by atoms with Gasteiger partial charge in [-0.2, -0.15) is 0 Å². The Kier molecular flexibility index (Phi) is 12.4. The number of aryl methyl sites for hydroxylation is 2. The fraction of sp³-hybridized carbons (Fsp3) is 0.657. The van der Waals surface area contributed by atoms with E-state index >= 15 is 0 Å². The van der Waals surface area contributed by atoms with E-state index in [1.807, 2.05) is 6.08 Å². The zero-order valence-electron chi connectivity index (χ0n) is 26.1. The first-order chi connectivity index (χ1) is 21.6. The van der Waals surface area contributed by atoms with Crippen molar-refractivity contribution in [3.05, 3.63) is 34.5 Å². The minimum Gasteiger partial charge on any atom is -0.379 e. The maximum absolute atomic E-state index is 13.5. The predicted molar refractivity (Wildman–Crippen MR) is 174 cm³/mol. The number of hydrogen-bond donors (Lipinski definition) is 0. The molecule has 0 spiro atoms. The smallest absolute Gasteiger partial charge is 0.278 e. The number of rotatable bonds is 17. The Morgan fingerprint density at radius 3 is 2.23 bits per heavy atom. The highest BCUT2D eigenvalue weighted by molar-refractivity contribution is 6.36. The number of amidine groups is 1. The second kappa shape index (κ2) is 16.7. The second-order valence-electron chi connectivity index (χ2n) is 12.6. The highest BCUT2D eigenvalue weighted by atomic mass is 35.5. The number of alkyl halides is 1. The molecule has 0 N–H and O–H groups in total. The lowest BCUT2D eigenvalue weighted by Crippen LogP contribution is -2.44. The van der Waals surface area contributed by atoms with Gasteiger partial charge in [0.05, 0.1) is 13.2 Å². The summed E-state index contributed by atoms with van der Waals surface area (Å²) in [5.74, 6) is 0.985. The summed E-state index contributed by atoms with van der Waals surface area (Å²) in [6.07, 6.45) is 15.4. The average Bonchev–Trinajstić information content (AvgIpc) is 3.36. The molecule has 0 saturated heterocycles. The molecule has 3 aliphatic heterocycles. The molecule has 240 valence electrons. The number of amides is 1. The van der Waals surface area contributed by atoms with E-state index in [0.29, 0.717) is 57.5 Å². The molecular weight excluding hydrogens is 578 g/mol. The summed E-state index contributed by atoms with van der Waals surface area (Å²) in [6, 6.07) is 4.28. The number of unbranched alkanes of at least 4 members (excludes halogenated alkanes) is 3. The number of halogens is 1. The third kappa shape index (κ3) is 8.38. The third-order valence-electron chi connectivity index (χ3n) is 9.46. The average molecular weight is 626 g/mol. The number of ether oxygens (including phenoxy) is 2. The molecule has 0 aromatic heterocycles. The number of benzene rings is 1. The van der Waals surface area contributed by atoms with Gasteiger partial charge in [0.25, 0.3) is 5.91 Å². The van der Waals surface area contributed by atoms with Crippen LogP contribution in [-0.2, 0) is 36.7 Å². The lowest BCUT2D eigenvalue weighted by atomic mass is 9.81. The first-order valence-electron chi connectivity index (χ1n) is 16.8. The SMILES string of the molecule is O=CC1=N/C(=C\c2cc3c4c(c2)CCCN4CCC3)C(=O)N1C1CCC(C(=O)CCCOCCOCCCCCCCl)CC1. The van der Waals surface area contributed by atoms with Crippen LogP contribution in [0.4, 0.5) is 5.69 Å². The van der Waals surface area contributed by atoms with Crippen LogP contribution in [0, 0.1) is 5.92 Å². The van der Waals surface area contributed by atoms with Gasteiger partial charge in [-0.25, -0.2) is 4.99 Å². The van der Waals surface area contributed by atoms with Crippen LogP contribution in [0.2, 0.25) is 0 Å². The molecule has 1 aromatic rings. The quantitative estimate of drug-likeness (QED) is 0.0926. The number of carbonyl (C=O) groups excluding carboxylic acids is 3. The Morgan fingerprint density at radius 1 is 0.909 bits per heavy atom. The van der Waals surface area contributed by atoms with Crippen molar-refractivity contribution in [1.29, 1.82) is 0 Å². The molecule has 0 atom stereocenters. The topological polar surface area (TPSA) is 88.5 Å². The first kappa shape index (κ1) is 32.8. The predicted octanol–water partition coefficient (Wildman–Crippen LogP) is 5.91. The first-order valence-corrected chi connectivity index (χ1v) is 17.4. The van der Waals surface area contributed by atoms with Crippen LogP contribution in [0.3, 0.4) is 0 Å². The van der Waals surface area contributed by atoms with Gasteiger partial charge in [-0.15, -0.1) is 11.6 Å². The van der Waals surface area contributed by atoms with E-state index in [1.54, 1.807) is 4.90 Å². The van der Waals surface area contributed by atoms with Crippen molar-refractivity contribution in [3.63, 3.8) is 0 Å². The number of ketones is 1. The van der Waals surface area contributed by atoms with E-state index in [1.165, 1.54) is 16.8 Å². The Balaban J connectivity index is 1.05. The molecule has 1 fully saturated rings. The Bertz CT molecular complexity index is 1190. The van der Waals surface area contributed by atoms with Crippen LogP contribution < -0.4 is 4.90 Å². The number of hydrogen-bond acceptors (Lipinski definition) is 7. The van der Waals surface area contributed by atoms with Crippen molar-refractivity contribution in [2.75, 3.05) is 50.3 Å². The van der Waals surface area contributed by atoms with Crippen molar-refractivity contribution < 1.29 is 23.9 Å². The zero-order valence-corrected chi connectivity index (χ0v) is 26.8. The zero-order chi connectivity index (χ0) is 30.7. The van der Waals surface area contributed by atoms with Crippen LogP contribution in [0.25, 0.3) is 6.08 Å². The Hall–Kier alpha value is -2.55. The maximum Gasteiger partial charge on any atom is 0.278 e. The van der Waals surface area contributed by atoms with Crippen LogP contribution in [0.15, 0.2) is 22.8 Å². The van der Waals surface area contributed by atoms with Crippen molar-refractivity contribution in [2.24, 2.45) is 10.9 Å². The molecular formula is C35H48ClN3O5. The largest absolute Gasteiger partial charge is 0.379 e. The molecule has 5 rings (SSSR count).